The lowest BCUT2D eigenvalue weighted by Crippen LogP contribution is -1.90. The van der Waals surface area contributed by atoms with Crippen LogP contribution >= 0.6 is 0 Å². The van der Waals surface area contributed by atoms with E-state index >= 15 is 0 Å². The van der Waals surface area contributed by atoms with E-state index in [9.17, 15) is 0 Å². The van der Waals surface area contributed by atoms with Crippen LogP contribution < -0.4 is 0 Å². The Bertz CT molecular complexity index is 435. The van der Waals surface area contributed by atoms with Gasteiger partial charge in [-0.05, 0) is 48.7 Å². The highest BCUT2D eigenvalue weighted by molar-refractivity contribution is 5.66. The van der Waals surface area contributed by atoms with Crippen molar-refractivity contribution in [1.29, 1.82) is 0 Å². The minimum Gasteiger partial charge on any atom is -0.265 e. The quantitative estimate of drug-likeness (QED) is 0.681. The first-order chi connectivity index (χ1) is 6.79. The largest absolute Gasteiger partial charge is 0.265 e. The predicted molar refractivity (Wildman–Crippen MR) is 56.9 cm³/mol. The fourth-order valence-electron chi connectivity index (χ4n) is 1.48. The summed E-state index contributed by atoms with van der Waals surface area (Å²) >= 11 is 0. The third-order valence-corrected chi connectivity index (χ3v) is 2.45. The molecule has 2 heteroatoms. The molecule has 0 aliphatic heterocycles. The molecular formula is C12H12N2. The van der Waals surface area contributed by atoms with Gasteiger partial charge < -0.3 is 0 Å². The summed E-state index contributed by atoms with van der Waals surface area (Å²) in [7, 11) is 0. The van der Waals surface area contributed by atoms with Crippen LogP contribution in [0.2, 0.25) is 0 Å². The van der Waals surface area contributed by atoms with E-state index in [0.717, 1.165) is 5.69 Å². The van der Waals surface area contributed by atoms with Gasteiger partial charge in [-0.1, -0.05) is 0 Å². The molecule has 0 spiro atoms. The number of nitrogens with zero attached hydrogens (tertiary/aromatic N) is 2. The molecule has 0 unspecified atom stereocenters. The molecule has 2 nitrogen and oxygen atoms in total. The summed E-state index contributed by atoms with van der Waals surface area (Å²) in [5.74, 6) is 0. The molecule has 0 fully saturated rings. The molecule has 0 aliphatic rings. The maximum absolute atomic E-state index is 4.25. The zero-order valence-corrected chi connectivity index (χ0v) is 8.36. The second-order valence-electron chi connectivity index (χ2n) is 3.30. The molecule has 70 valence electrons. The lowest BCUT2D eigenvalue weighted by atomic mass is 10.0. The Balaban J connectivity index is 2.58. The van der Waals surface area contributed by atoms with E-state index in [1.807, 2.05) is 43.7 Å². The summed E-state index contributed by atoms with van der Waals surface area (Å²) in [6, 6.07) is 6.07. The van der Waals surface area contributed by atoms with Crippen molar-refractivity contribution in [3.63, 3.8) is 0 Å². The molecule has 0 radical (unpaired) electrons. The monoisotopic (exact) mass is 184 g/mol. The molecule has 2 heterocycles. The molecule has 0 amide bonds. The van der Waals surface area contributed by atoms with Gasteiger partial charge in [0.05, 0.1) is 0 Å². The van der Waals surface area contributed by atoms with Crippen molar-refractivity contribution >= 4 is 0 Å². The van der Waals surface area contributed by atoms with E-state index in [4.69, 9.17) is 0 Å². The SMILES string of the molecule is Cc1nccc(-c2ccncc2)c1C. The van der Waals surface area contributed by atoms with Crippen molar-refractivity contribution in [2.24, 2.45) is 0 Å². The maximum atomic E-state index is 4.25. The molecule has 0 bridgehead atoms. The van der Waals surface area contributed by atoms with Gasteiger partial charge in [-0.2, -0.15) is 0 Å². The second kappa shape index (κ2) is 3.58. The summed E-state index contributed by atoms with van der Waals surface area (Å²) in [4.78, 5) is 8.26. The molecule has 2 aromatic rings. The summed E-state index contributed by atoms with van der Waals surface area (Å²) in [5.41, 5.74) is 4.75. The van der Waals surface area contributed by atoms with Crippen LogP contribution in [0, 0.1) is 13.8 Å². The fourth-order valence-corrected chi connectivity index (χ4v) is 1.48. The minimum absolute atomic E-state index is 1.08. The lowest BCUT2D eigenvalue weighted by Gasteiger charge is -2.06. The number of aromatic nitrogens is 2. The van der Waals surface area contributed by atoms with Crippen molar-refractivity contribution in [2.45, 2.75) is 13.8 Å². The zero-order chi connectivity index (χ0) is 9.97. The first-order valence-corrected chi connectivity index (χ1v) is 4.61. The molecule has 2 aromatic heterocycles. The summed E-state index contributed by atoms with van der Waals surface area (Å²) in [6.07, 6.45) is 5.47. The Labute approximate surface area is 83.7 Å². The Morgan fingerprint density at radius 2 is 1.64 bits per heavy atom. The average molecular weight is 184 g/mol. The van der Waals surface area contributed by atoms with E-state index in [-0.39, 0.29) is 0 Å². The third-order valence-electron chi connectivity index (χ3n) is 2.45. The summed E-state index contributed by atoms with van der Waals surface area (Å²) in [5, 5.41) is 0. The fraction of sp³-hybridized carbons (Fsp3) is 0.167. The van der Waals surface area contributed by atoms with Gasteiger partial charge in [0, 0.05) is 24.3 Å². The highest BCUT2D eigenvalue weighted by atomic mass is 14.7. The van der Waals surface area contributed by atoms with E-state index < -0.39 is 0 Å². The first-order valence-electron chi connectivity index (χ1n) is 4.61. The van der Waals surface area contributed by atoms with Crippen LogP contribution in [0.15, 0.2) is 36.8 Å². The highest BCUT2D eigenvalue weighted by Gasteiger charge is 2.02. The first kappa shape index (κ1) is 8.88. The molecule has 0 aliphatic carbocycles. The smallest absolute Gasteiger partial charge is 0.0407 e. The van der Waals surface area contributed by atoms with Gasteiger partial charge in [0.25, 0.3) is 0 Å². The number of aryl methyl sites for hydroxylation is 1. The van der Waals surface area contributed by atoms with Crippen LogP contribution in [0.4, 0.5) is 0 Å². The van der Waals surface area contributed by atoms with Gasteiger partial charge in [-0.3, -0.25) is 9.97 Å². The molecule has 14 heavy (non-hydrogen) atoms. The van der Waals surface area contributed by atoms with Crippen LogP contribution in [-0.2, 0) is 0 Å². The van der Waals surface area contributed by atoms with Gasteiger partial charge in [-0.15, -0.1) is 0 Å². The third kappa shape index (κ3) is 1.51. The average Bonchev–Trinajstić information content (AvgIpc) is 2.23. The van der Waals surface area contributed by atoms with Gasteiger partial charge in [0.1, 0.15) is 0 Å². The van der Waals surface area contributed by atoms with Gasteiger partial charge >= 0.3 is 0 Å². The highest BCUT2D eigenvalue weighted by Crippen LogP contribution is 2.22. The Kier molecular flexibility index (Phi) is 2.27. The van der Waals surface area contributed by atoms with Gasteiger partial charge in [0.2, 0.25) is 0 Å². The van der Waals surface area contributed by atoms with Gasteiger partial charge in [-0.25, -0.2) is 0 Å². The Morgan fingerprint density at radius 3 is 2.36 bits per heavy atom. The number of pyridine rings is 2. The summed E-state index contributed by atoms with van der Waals surface area (Å²) < 4.78 is 0. The molecule has 0 N–H and O–H groups in total. The van der Waals surface area contributed by atoms with Crippen LogP contribution in [0.3, 0.4) is 0 Å². The zero-order valence-electron chi connectivity index (χ0n) is 8.36. The maximum Gasteiger partial charge on any atom is 0.0407 e. The summed E-state index contributed by atoms with van der Waals surface area (Å²) in [6.45, 7) is 4.12. The standard InChI is InChI=1S/C12H12N2/c1-9-10(2)14-8-5-12(9)11-3-6-13-7-4-11/h3-8H,1-2H3. The van der Waals surface area contributed by atoms with E-state index in [0.29, 0.717) is 0 Å². The van der Waals surface area contributed by atoms with E-state index in [1.54, 1.807) is 0 Å². The van der Waals surface area contributed by atoms with Crippen LogP contribution in [0.25, 0.3) is 11.1 Å². The van der Waals surface area contributed by atoms with E-state index in [2.05, 4.69) is 16.9 Å². The van der Waals surface area contributed by atoms with Crippen molar-refractivity contribution in [3.8, 4) is 11.1 Å². The number of hydrogen-bond acceptors (Lipinski definition) is 2. The lowest BCUT2D eigenvalue weighted by molar-refractivity contribution is 1.15. The van der Waals surface area contributed by atoms with Crippen molar-refractivity contribution in [3.05, 3.63) is 48.0 Å². The number of rotatable bonds is 1. The molecular weight excluding hydrogens is 172 g/mol. The minimum atomic E-state index is 1.08. The van der Waals surface area contributed by atoms with Crippen molar-refractivity contribution < 1.29 is 0 Å². The van der Waals surface area contributed by atoms with Crippen LogP contribution in [0.1, 0.15) is 11.3 Å². The Hall–Kier alpha value is -1.70. The van der Waals surface area contributed by atoms with Crippen LogP contribution in [0.5, 0.6) is 0 Å². The number of hydrogen-bond donors (Lipinski definition) is 0. The molecule has 0 aromatic carbocycles. The van der Waals surface area contributed by atoms with E-state index in [1.165, 1.54) is 16.7 Å². The predicted octanol–water partition coefficient (Wildman–Crippen LogP) is 2.76. The molecule has 0 saturated carbocycles. The topological polar surface area (TPSA) is 25.8 Å². The molecule has 0 atom stereocenters. The normalized spacial score (nSPS) is 10.1. The van der Waals surface area contributed by atoms with Crippen LogP contribution in [-0.4, -0.2) is 9.97 Å². The molecule has 0 saturated heterocycles. The van der Waals surface area contributed by atoms with Gasteiger partial charge in [0.15, 0.2) is 0 Å². The Morgan fingerprint density at radius 1 is 0.929 bits per heavy atom. The molecule has 2 rings (SSSR count). The van der Waals surface area contributed by atoms with Crippen molar-refractivity contribution in [2.75, 3.05) is 0 Å². The van der Waals surface area contributed by atoms with Crippen molar-refractivity contribution in [1.82, 2.24) is 9.97 Å². The second-order valence-corrected chi connectivity index (χ2v) is 3.30.